The molecule has 120 valence electrons. The van der Waals surface area contributed by atoms with Gasteiger partial charge in [-0.05, 0) is 5.56 Å². The number of benzene rings is 1. The van der Waals surface area contributed by atoms with Gasteiger partial charge in [0, 0.05) is 6.07 Å². The first kappa shape index (κ1) is 14.9. The first-order valence-corrected chi connectivity index (χ1v) is 7.03. The van der Waals surface area contributed by atoms with E-state index in [2.05, 4.69) is 10.4 Å². The van der Waals surface area contributed by atoms with Crippen molar-refractivity contribution in [3.05, 3.63) is 47.7 Å². The van der Waals surface area contributed by atoms with Crippen molar-refractivity contribution >= 4 is 12.1 Å². The second-order valence-electron chi connectivity index (χ2n) is 5.07. The highest BCUT2D eigenvalue weighted by Gasteiger charge is 2.25. The third-order valence-corrected chi connectivity index (χ3v) is 3.32. The number of carbonyl (C=O) groups is 2. The molecule has 23 heavy (non-hydrogen) atoms. The lowest BCUT2D eigenvalue weighted by molar-refractivity contribution is 0.0688. The molecule has 1 aliphatic heterocycles. The van der Waals surface area contributed by atoms with E-state index in [9.17, 15) is 9.59 Å². The number of carboxylic acids is 1. The van der Waals surface area contributed by atoms with Crippen LogP contribution in [-0.4, -0.2) is 39.6 Å². The van der Waals surface area contributed by atoms with Gasteiger partial charge in [0.05, 0.1) is 12.6 Å². The molecule has 3 rings (SSSR count). The number of aromatic nitrogens is 2. The van der Waals surface area contributed by atoms with Crippen LogP contribution in [0.25, 0.3) is 0 Å². The number of aromatic carboxylic acids is 1. The Morgan fingerprint density at radius 3 is 2.91 bits per heavy atom. The third kappa shape index (κ3) is 3.60. The molecule has 0 fully saturated rings. The van der Waals surface area contributed by atoms with Crippen LogP contribution in [0.4, 0.5) is 4.79 Å². The minimum Gasteiger partial charge on any atom is -0.476 e. The first-order chi connectivity index (χ1) is 11.1. The molecule has 1 aromatic heterocycles. The van der Waals surface area contributed by atoms with E-state index in [1.165, 1.54) is 10.7 Å². The molecule has 1 aliphatic rings. The van der Waals surface area contributed by atoms with Crippen LogP contribution in [0.3, 0.4) is 0 Å². The summed E-state index contributed by atoms with van der Waals surface area (Å²) in [6.45, 7) is 0.727. The number of amides is 1. The van der Waals surface area contributed by atoms with Crippen LogP contribution in [0, 0.1) is 0 Å². The molecule has 8 nitrogen and oxygen atoms in total. The average molecular weight is 317 g/mol. The summed E-state index contributed by atoms with van der Waals surface area (Å²) in [4.78, 5) is 22.7. The molecule has 0 aliphatic carbocycles. The Hall–Kier alpha value is -3.03. The Labute approximate surface area is 131 Å². The van der Waals surface area contributed by atoms with E-state index in [0.717, 1.165) is 5.56 Å². The molecule has 0 spiro atoms. The molecule has 2 heterocycles. The highest BCUT2D eigenvalue weighted by molar-refractivity contribution is 5.85. The maximum absolute atomic E-state index is 11.8. The minimum atomic E-state index is -1.12. The van der Waals surface area contributed by atoms with Crippen LogP contribution in [-0.2, 0) is 17.9 Å². The van der Waals surface area contributed by atoms with Gasteiger partial charge in [-0.15, -0.1) is 0 Å². The second kappa shape index (κ2) is 6.39. The first-order valence-electron chi connectivity index (χ1n) is 7.03. The van der Waals surface area contributed by atoms with Gasteiger partial charge in [0.25, 0.3) is 0 Å². The van der Waals surface area contributed by atoms with Gasteiger partial charge < -0.3 is 19.9 Å². The van der Waals surface area contributed by atoms with Crippen molar-refractivity contribution in [1.82, 2.24) is 15.1 Å². The number of carbonyl (C=O) groups excluding carboxylic acids is 1. The van der Waals surface area contributed by atoms with E-state index in [1.54, 1.807) is 0 Å². The molecular formula is C15H15N3O5. The van der Waals surface area contributed by atoms with Gasteiger partial charge in [-0.3, -0.25) is 0 Å². The molecule has 1 atom stereocenters. The minimum absolute atomic E-state index is 0.0905. The number of hydrogen-bond donors (Lipinski definition) is 2. The molecule has 0 saturated carbocycles. The highest BCUT2D eigenvalue weighted by atomic mass is 16.5. The summed E-state index contributed by atoms with van der Waals surface area (Å²) >= 11 is 0. The van der Waals surface area contributed by atoms with Gasteiger partial charge in [-0.25, -0.2) is 14.3 Å². The second-order valence-corrected chi connectivity index (χ2v) is 5.07. The SMILES string of the molecule is O=C(NC1COc2cc(C(=O)O)nn2C1)OCc1ccccc1. The largest absolute Gasteiger partial charge is 0.476 e. The van der Waals surface area contributed by atoms with E-state index in [-0.39, 0.29) is 24.9 Å². The lowest BCUT2D eigenvalue weighted by Crippen LogP contribution is -2.45. The van der Waals surface area contributed by atoms with Crippen LogP contribution < -0.4 is 10.1 Å². The number of fused-ring (bicyclic) bond motifs is 1. The van der Waals surface area contributed by atoms with Crippen molar-refractivity contribution < 1.29 is 24.2 Å². The van der Waals surface area contributed by atoms with Gasteiger partial charge in [0.2, 0.25) is 5.88 Å². The van der Waals surface area contributed by atoms with Gasteiger partial charge >= 0.3 is 12.1 Å². The van der Waals surface area contributed by atoms with Crippen LogP contribution >= 0.6 is 0 Å². The highest BCUT2D eigenvalue weighted by Crippen LogP contribution is 2.18. The Balaban J connectivity index is 1.52. The fourth-order valence-electron chi connectivity index (χ4n) is 2.22. The molecule has 1 aromatic carbocycles. The lowest BCUT2D eigenvalue weighted by Gasteiger charge is -2.24. The van der Waals surface area contributed by atoms with Crippen molar-refractivity contribution in [3.8, 4) is 5.88 Å². The van der Waals surface area contributed by atoms with E-state index in [0.29, 0.717) is 12.4 Å². The van der Waals surface area contributed by atoms with Crippen molar-refractivity contribution in [2.24, 2.45) is 0 Å². The maximum Gasteiger partial charge on any atom is 0.407 e. The van der Waals surface area contributed by atoms with Gasteiger partial charge in [0.1, 0.15) is 13.2 Å². The average Bonchev–Trinajstić information content (AvgIpc) is 2.97. The van der Waals surface area contributed by atoms with Crippen molar-refractivity contribution in [1.29, 1.82) is 0 Å². The summed E-state index contributed by atoms with van der Waals surface area (Å²) in [7, 11) is 0. The quantitative estimate of drug-likeness (QED) is 0.880. The monoisotopic (exact) mass is 317 g/mol. The molecule has 0 radical (unpaired) electrons. The van der Waals surface area contributed by atoms with Gasteiger partial charge in [0.15, 0.2) is 5.69 Å². The van der Waals surface area contributed by atoms with E-state index >= 15 is 0 Å². The summed E-state index contributed by atoms with van der Waals surface area (Å²) in [6, 6.07) is 10.4. The molecule has 2 N–H and O–H groups in total. The normalized spacial score (nSPS) is 16.1. The Kier molecular flexibility index (Phi) is 4.13. The summed E-state index contributed by atoms with van der Waals surface area (Å²) in [5.74, 6) is -0.750. The number of nitrogens with zero attached hydrogens (tertiary/aromatic N) is 2. The Morgan fingerprint density at radius 1 is 1.39 bits per heavy atom. The molecule has 2 aromatic rings. The van der Waals surface area contributed by atoms with Crippen LogP contribution in [0.5, 0.6) is 5.88 Å². The van der Waals surface area contributed by atoms with Crippen LogP contribution in [0.2, 0.25) is 0 Å². The number of carboxylic acid groups (broad SMARTS) is 1. The summed E-state index contributed by atoms with van der Waals surface area (Å²) in [5.41, 5.74) is 0.801. The van der Waals surface area contributed by atoms with Gasteiger partial charge in [-0.1, -0.05) is 30.3 Å². The van der Waals surface area contributed by atoms with E-state index in [4.69, 9.17) is 14.6 Å². The fourth-order valence-corrected chi connectivity index (χ4v) is 2.22. The number of alkyl carbamates (subject to hydrolysis) is 1. The number of hydrogen-bond acceptors (Lipinski definition) is 5. The summed E-state index contributed by atoms with van der Waals surface area (Å²) in [5, 5.41) is 15.5. The topological polar surface area (TPSA) is 103 Å². The van der Waals surface area contributed by atoms with Gasteiger partial charge in [-0.2, -0.15) is 5.10 Å². The smallest absolute Gasteiger partial charge is 0.407 e. The molecular weight excluding hydrogens is 302 g/mol. The molecule has 1 amide bonds. The lowest BCUT2D eigenvalue weighted by atomic mass is 10.2. The van der Waals surface area contributed by atoms with E-state index in [1.807, 2.05) is 30.3 Å². The molecule has 8 heteroatoms. The maximum atomic E-state index is 11.8. The molecule has 0 bridgehead atoms. The summed E-state index contributed by atoms with van der Waals surface area (Å²) in [6.07, 6.45) is -0.559. The Bertz CT molecular complexity index is 713. The molecule has 0 saturated heterocycles. The fraction of sp³-hybridized carbons (Fsp3) is 0.267. The van der Waals surface area contributed by atoms with Crippen LogP contribution in [0.15, 0.2) is 36.4 Å². The van der Waals surface area contributed by atoms with Crippen molar-refractivity contribution in [3.63, 3.8) is 0 Å². The van der Waals surface area contributed by atoms with Crippen LogP contribution in [0.1, 0.15) is 16.1 Å². The van der Waals surface area contributed by atoms with E-state index < -0.39 is 12.1 Å². The zero-order valence-corrected chi connectivity index (χ0v) is 12.1. The number of nitrogens with one attached hydrogen (secondary N) is 1. The zero-order valence-electron chi connectivity index (χ0n) is 12.1. The third-order valence-electron chi connectivity index (χ3n) is 3.32. The standard InChI is InChI=1S/C15H15N3O5/c19-14(20)12-6-13-18(17-12)7-11(9-22-13)16-15(21)23-8-10-4-2-1-3-5-10/h1-6,11H,7-9H2,(H,16,21)(H,19,20). The van der Waals surface area contributed by atoms with Crippen molar-refractivity contribution in [2.75, 3.05) is 6.61 Å². The van der Waals surface area contributed by atoms with Crippen molar-refractivity contribution in [2.45, 2.75) is 19.2 Å². The summed E-state index contributed by atoms with van der Waals surface area (Å²) < 4.78 is 11.9. The number of ether oxygens (including phenoxy) is 2. The molecule has 1 unspecified atom stereocenters. The Morgan fingerprint density at radius 2 is 2.17 bits per heavy atom. The zero-order chi connectivity index (χ0) is 16.2. The predicted molar refractivity (Wildman–Crippen MR) is 78.2 cm³/mol. The number of rotatable bonds is 4. The predicted octanol–water partition coefficient (Wildman–Crippen LogP) is 1.27.